The van der Waals surface area contributed by atoms with Crippen molar-refractivity contribution in [1.29, 1.82) is 0 Å². The molecular formula is C24H20N8O4. The first-order chi connectivity index (χ1) is 17.4. The normalized spacial score (nSPS) is 17.4. The second kappa shape index (κ2) is 8.12. The van der Waals surface area contributed by atoms with E-state index < -0.39 is 17.9 Å². The van der Waals surface area contributed by atoms with Gasteiger partial charge >= 0.3 is 0 Å². The van der Waals surface area contributed by atoms with Crippen molar-refractivity contribution in [3.05, 3.63) is 71.3 Å². The number of anilines is 1. The number of aromatic nitrogens is 5. The Morgan fingerprint density at radius 2 is 2.06 bits per heavy atom. The number of pyridine rings is 1. The zero-order valence-electron chi connectivity index (χ0n) is 19.1. The summed E-state index contributed by atoms with van der Waals surface area (Å²) in [5.41, 5.74) is 3.57. The first kappa shape index (κ1) is 21.6. The number of hydrogen-bond donors (Lipinski definition) is 2. The highest BCUT2D eigenvalue weighted by atomic mass is 16.2. The van der Waals surface area contributed by atoms with Gasteiger partial charge in [0.05, 0.1) is 18.1 Å². The number of aryl methyl sites for hydroxylation is 1. The van der Waals surface area contributed by atoms with Gasteiger partial charge in [0.25, 0.3) is 11.8 Å². The van der Waals surface area contributed by atoms with E-state index in [0.717, 1.165) is 16.8 Å². The first-order valence-electron chi connectivity index (χ1n) is 11.3. The van der Waals surface area contributed by atoms with Gasteiger partial charge in [0.15, 0.2) is 5.69 Å². The van der Waals surface area contributed by atoms with Gasteiger partial charge in [0.1, 0.15) is 17.5 Å². The minimum Gasteiger partial charge on any atom is -0.322 e. The van der Waals surface area contributed by atoms with Gasteiger partial charge in [-0.15, -0.1) is 5.10 Å². The summed E-state index contributed by atoms with van der Waals surface area (Å²) in [6, 6.07) is 8.33. The highest BCUT2D eigenvalue weighted by Gasteiger charge is 2.39. The molecular weight excluding hydrogens is 464 g/mol. The molecule has 1 unspecified atom stereocenters. The maximum absolute atomic E-state index is 13.1. The van der Waals surface area contributed by atoms with Crippen molar-refractivity contribution in [3.63, 3.8) is 0 Å². The Morgan fingerprint density at radius 1 is 1.19 bits per heavy atom. The lowest BCUT2D eigenvalue weighted by atomic mass is 10.0. The van der Waals surface area contributed by atoms with Gasteiger partial charge in [-0.1, -0.05) is 17.3 Å². The number of carbonyl (C=O) groups is 4. The second-order valence-corrected chi connectivity index (χ2v) is 8.77. The van der Waals surface area contributed by atoms with Crippen molar-refractivity contribution in [2.24, 2.45) is 0 Å². The van der Waals surface area contributed by atoms with Crippen molar-refractivity contribution in [1.82, 2.24) is 34.6 Å². The molecule has 4 aromatic rings. The fourth-order valence-electron chi connectivity index (χ4n) is 4.60. The summed E-state index contributed by atoms with van der Waals surface area (Å²) in [5, 5.41) is 13.1. The molecule has 12 heteroatoms. The molecule has 1 atom stereocenters. The number of fused-ring (bicyclic) bond motifs is 2. The molecule has 1 aromatic carbocycles. The van der Waals surface area contributed by atoms with Crippen LogP contribution >= 0.6 is 0 Å². The number of imidazole rings is 1. The number of benzene rings is 1. The van der Waals surface area contributed by atoms with Gasteiger partial charge in [-0.25, -0.2) is 9.67 Å². The van der Waals surface area contributed by atoms with Crippen molar-refractivity contribution < 1.29 is 19.2 Å². The van der Waals surface area contributed by atoms with E-state index in [-0.39, 0.29) is 30.5 Å². The average molecular weight is 484 g/mol. The number of hydrogen-bond acceptors (Lipinski definition) is 7. The highest BCUT2D eigenvalue weighted by molar-refractivity contribution is 6.05. The minimum absolute atomic E-state index is 0.0922. The van der Waals surface area contributed by atoms with E-state index in [1.165, 1.54) is 15.8 Å². The highest BCUT2D eigenvalue weighted by Crippen LogP contribution is 2.29. The zero-order valence-corrected chi connectivity index (χ0v) is 19.1. The molecule has 36 heavy (non-hydrogen) atoms. The van der Waals surface area contributed by atoms with Crippen molar-refractivity contribution in [3.8, 4) is 5.69 Å². The molecule has 180 valence electrons. The molecule has 1 fully saturated rings. The van der Waals surface area contributed by atoms with Crippen molar-refractivity contribution in [2.75, 3.05) is 5.32 Å². The minimum atomic E-state index is -0.684. The van der Waals surface area contributed by atoms with E-state index in [9.17, 15) is 19.2 Å². The van der Waals surface area contributed by atoms with Crippen molar-refractivity contribution >= 4 is 35.1 Å². The van der Waals surface area contributed by atoms with Crippen LogP contribution in [0.2, 0.25) is 0 Å². The van der Waals surface area contributed by atoms with Gasteiger partial charge in [-0.2, -0.15) is 0 Å². The van der Waals surface area contributed by atoms with E-state index >= 15 is 0 Å². The Balaban J connectivity index is 1.21. The lowest BCUT2D eigenvalue weighted by molar-refractivity contribution is -0.136. The quantitative estimate of drug-likeness (QED) is 0.415. The van der Waals surface area contributed by atoms with Crippen LogP contribution in [-0.2, 0) is 16.1 Å². The maximum atomic E-state index is 13.1. The van der Waals surface area contributed by atoms with Crippen LogP contribution in [0.15, 0.2) is 48.9 Å². The van der Waals surface area contributed by atoms with Gasteiger partial charge in [-0.05, 0) is 42.7 Å². The lowest BCUT2D eigenvalue weighted by Crippen LogP contribution is -2.52. The van der Waals surface area contributed by atoms with Gasteiger partial charge in [-0.3, -0.25) is 28.9 Å². The molecule has 0 aliphatic carbocycles. The van der Waals surface area contributed by atoms with Gasteiger partial charge in [0.2, 0.25) is 11.8 Å². The second-order valence-electron chi connectivity index (χ2n) is 8.77. The van der Waals surface area contributed by atoms with Crippen molar-refractivity contribution in [2.45, 2.75) is 32.4 Å². The lowest BCUT2D eigenvalue weighted by Gasteiger charge is -2.29. The number of rotatable bonds is 4. The fourth-order valence-corrected chi connectivity index (χ4v) is 4.60. The summed E-state index contributed by atoms with van der Waals surface area (Å²) in [4.78, 5) is 55.4. The number of carbonyl (C=O) groups excluding carboxylic acids is 4. The molecule has 0 bridgehead atoms. The largest absolute Gasteiger partial charge is 0.322 e. The predicted molar refractivity (Wildman–Crippen MR) is 125 cm³/mol. The van der Waals surface area contributed by atoms with Gasteiger partial charge in [0, 0.05) is 24.7 Å². The van der Waals surface area contributed by atoms with Crippen LogP contribution in [0.5, 0.6) is 0 Å². The molecule has 2 aliphatic rings. The van der Waals surface area contributed by atoms with Crippen LogP contribution in [0.1, 0.15) is 44.8 Å². The molecule has 0 spiro atoms. The van der Waals surface area contributed by atoms with Crippen LogP contribution in [0.3, 0.4) is 0 Å². The van der Waals surface area contributed by atoms with E-state index in [1.54, 1.807) is 35.0 Å². The fraction of sp³-hybridized carbons (Fsp3) is 0.208. The SMILES string of the molecule is Cc1cccn2c(NC(=O)c3cn(-c4ccc5c(c4)C(=O)N(C4CCC(=O)NC4=O)C5)nn3)cnc12. The Morgan fingerprint density at radius 3 is 2.89 bits per heavy atom. The molecule has 6 rings (SSSR count). The summed E-state index contributed by atoms with van der Waals surface area (Å²) in [6.07, 6.45) is 5.35. The number of imide groups is 1. The Kier molecular flexibility index (Phi) is 4.88. The van der Waals surface area contributed by atoms with Crippen LogP contribution < -0.4 is 10.6 Å². The average Bonchev–Trinajstić information content (AvgIpc) is 3.58. The summed E-state index contributed by atoms with van der Waals surface area (Å²) >= 11 is 0. The predicted octanol–water partition coefficient (Wildman–Crippen LogP) is 1.24. The topological polar surface area (TPSA) is 144 Å². The number of nitrogens with one attached hydrogen (secondary N) is 2. The molecule has 3 aromatic heterocycles. The van der Waals surface area contributed by atoms with E-state index in [0.29, 0.717) is 23.5 Å². The van der Waals surface area contributed by atoms with E-state index in [1.807, 2.05) is 19.1 Å². The Bertz CT molecular complexity index is 1590. The standard InChI is InChI=1S/C24H20N8O4/c1-13-3-2-8-30-19(10-25-21(13)30)26-22(34)17-12-32(29-28-17)15-5-4-14-11-31(24(36)16(14)9-15)18-6-7-20(33)27-23(18)35/h2-5,8-10,12,18H,6-7,11H2,1H3,(H,26,34)(H,27,33,35). The van der Waals surface area contributed by atoms with Crippen LogP contribution in [0.25, 0.3) is 11.3 Å². The Labute approximate surface area is 203 Å². The number of nitrogens with zero attached hydrogens (tertiary/aromatic N) is 6. The number of amides is 4. The van der Waals surface area contributed by atoms with E-state index in [2.05, 4.69) is 25.9 Å². The Hall–Kier alpha value is -4.87. The summed E-state index contributed by atoms with van der Waals surface area (Å²) in [6.45, 7) is 2.22. The first-order valence-corrected chi connectivity index (χ1v) is 11.3. The van der Waals surface area contributed by atoms with Crippen LogP contribution in [0, 0.1) is 6.92 Å². The van der Waals surface area contributed by atoms with Crippen LogP contribution in [-0.4, -0.2) is 58.9 Å². The van der Waals surface area contributed by atoms with Gasteiger partial charge < -0.3 is 10.2 Å². The maximum Gasteiger partial charge on any atom is 0.279 e. The smallest absolute Gasteiger partial charge is 0.279 e. The summed E-state index contributed by atoms with van der Waals surface area (Å²) in [7, 11) is 0. The number of piperidine rings is 1. The molecule has 2 aliphatic heterocycles. The monoisotopic (exact) mass is 484 g/mol. The zero-order chi connectivity index (χ0) is 25.0. The summed E-state index contributed by atoms with van der Waals surface area (Å²) in [5.74, 6) is -1.02. The van der Waals surface area contributed by atoms with Crippen LogP contribution in [0.4, 0.5) is 5.82 Å². The molecule has 0 saturated carbocycles. The third kappa shape index (κ3) is 3.50. The molecule has 5 heterocycles. The molecule has 4 amide bonds. The summed E-state index contributed by atoms with van der Waals surface area (Å²) < 4.78 is 3.19. The molecule has 1 saturated heterocycles. The molecule has 12 nitrogen and oxygen atoms in total. The van der Waals surface area contributed by atoms with E-state index in [4.69, 9.17) is 0 Å². The molecule has 0 radical (unpaired) electrons. The third-order valence-electron chi connectivity index (χ3n) is 6.47. The molecule has 2 N–H and O–H groups in total. The third-order valence-corrected chi connectivity index (χ3v) is 6.47.